The molecule has 0 heterocycles. The van der Waals surface area contributed by atoms with Gasteiger partial charge in [0.25, 0.3) is 5.91 Å². The Bertz CT molecular complexity index is 363. The lowest BCUT2D eigenvalue weighted by Crippen LogP contribution is -2.36. The number of likely N-dealkylation sites (N-methyl/N-ethyl adjacent to an activating group) is 1. The quantitative estimate of drug-likeness (QED) is 0.774. The molecule has 0 aliphatic heterocycles. The van der Waals surface area contributed by atoms with Gasteiger partial charge in [0.1, 0.15) is 5.75 Å². The number of benzene rings is 1. The van der Waals surface area contributed by atoms with E-state index in [1.54, 1.807) is 6.92 Å². The highest BCUT2D eigenvalue weighted by Crippen LogP contribution is 2.13. The molecule has 0 fully saturated rings. The van der Waals surface area contributed by atoms with Crippen molar-refractivity contribution in [3.63, 3.8) is 0 Å². The zero-order chi connectivity index (χ0) is 13.4. The fourth-order valence-electron chi connectivity index (χ4n) is 1.53. The van der Waals surface area contributed by atoms with Crippen LogP contribution in [0.5, 0.6) is 5.75 Å². The third-order valence-corrected chi connectivity index (χ3v) is 2.54. The average Bonchev–Trinajstić information content (AvgIpc) is 2.38. The van der Waals surface area contributed by atoms with E-state index < -0.39 is 6.10 Å². The zero-order valence-corrected chi connectivity index (χ0v) is 11.3. The van der Waals surface area contributed by atoms with Crippen molar-refractivity contribution >= 4 is 5.91 Å². The van der Waals surface area contributed by atoms with E-state index >= 15 is 0 Å². The van der Waals surface area contributed by atoms with Crippen molar-refractivity contribution in [3.05, 3.63) is 29.8 Å². The second-order valence-corrected chi connectivity index (χ2v) is 4.08. The molecule has 4 heteroatoms. The molecule has 100 valence electrons. The molecular formula is C14H22N2O2. The minimum absolute atomic E-state index is 0.0887. The van der Waals surface area contributed by atoms with Crippen LogP contribution in [0.1, 0.15) is 26.3 Å². The Morgan fingerprint density at radius 3 is 2.44 bits per heavy atom. The van der Waals surface area contributed by atoms with E-state index in [1.807, 2.05) is 31.2 Å². The molecule has 1 aromatic carbocycles. The van der Waals surface area contributed by atoms with Crippen molar-refractivity contribution in [2.24, 2.45) is 0 Å². The Kier molecular flexibility index (Phi) is 6.22. The zero-order valence-electron chi connectivity index (χ0n) is 11.3. The second-order valence-electron chi connectivity index (χ2n) is 4.08. The van der Waals surface area contributed by atoms with Crippen LogP contribution in [-0.2, 0) is 11.3 Å². The van der Waals surface area contributed by atoms with Crippen molar-refractivity contribution in [1.29, 1.82) is 0 Å². The molecule has 0 aliphatic rings. The summed E-state index contributed by atoms with van der Waals surface area (Å²) in [5.74, 6) is 0.628. The Balaban J connectivity index is 2.50. The van der Waals surface area contributed by atoms with Crippen LogP contribution in [0.25, 0.3) is 0 Å². The van der Waals surface area contributed by atoms with Gasteiger partial charge in [-0.05, 0) is 38.1 Å². The fourth-order valence-corrected chi connectivity index (χ4v) is 1.53. The first kappa shape index (κ1) is 14.5. The molecule has 0 spiro atoms. The number of hydrogen-bond donors (Lipinski definition) is 2. The maximum Gasteiger partial charge on any atom is 0.260 e. The Morgan fingerprint density at radius 2 is 1.89 bits per heavy atom. The van der Waals surface area contributed by atoms with Crippen LogP contribution in [0.3, 0.4) is 0 Å². The molecule has 1 rings (SSSR count). The normalized spacial score (nSPS) is 11.9. The number of ether oxygens (including phenoxy) is 1. The van der Waals surface area contributed by atoms with Crippen LogP contribution in [0.4, 0.5) is 0 Å². The van der Waals surface area contributed by atoms with Crippen LogP contribution in [0, 0.1) is 0 Å². The lowest BCUT2D eigenvalue weighted by molar-refractivity contribution is -0.127. The van der Waals surface area contributed by atoms with E-state index in [2.05, 4.69) is 17.6 Å². The van der Waals surface area contributed by atoms with E-state index in [0.29, 0.717) is 12.3 Å². The third-order valence-electron chi connectivity index (χ3n) is 2.54. The first-order valence-corrected chi connectivity index (χ1v) is 6.41. The molecule has 18 heavy (non-hydrogen) atoms. The Hall–Kier alpha value is -1.55. The SMILES string of the molecule is CCNCc1ccc(OC(C)C(=O)NCC)cc1. The van der Waals surface area contributed by atoms with E-state index in [0.717, 1.165) is 13.1 Å². The summed E-state index contributed by atoms with van der Waals surface area (Å²) in [6, 6.07) is 7.79. The largest absolute Gasteiger partial charge is 0.481 e. The maximum absolute atomic E-state index is 11.5. The van der Waals surface area contributed by atoms with Crippen LogP contribution >= 0.6 is 0 Å². The molecule has 0 aromatic heterocycles. The first-order chi connectivity index (χ1) is 8.67. The minimum Gasteiger partial charge on any atom is -0.481 e. The van der Waals surface area contributed by atoms with Crippen molar-refractivity contribution < 1.29 is 9.53 Å². The Morgan fingerprint density at radius 1 is 1.22 bits per heavy atom. The molecule has 1 unspecified atom stereocenters. The molecule has 0 saturated carbocycles. The Labute approximate surface area is 109 Å². The maximum atomic E-state index is 11.5. The molecule has 0 saturated heterocycles. The third kappa shape index (κ3) is 4.75. The predicted octanol–water partition coefficient (Wildman–Crippen LogP) is 1.70. The monoisotopic (exact) mass is 250 g/mol. The van der Waals surface area contributed by atoms with Crippen LogP contribution < -0.4 is 15.4 Å². The van der Waals surface area contributed by atoms with Crippen LogP contribution in [-0.4, -0.2) is 25.1 Å². The molecule has 4 nitrogen and oxygen atoms in total. The smallest absolute Gasteiger partial charge is 0.260 e. The van der Waals surface area contributed by atoms with Crippen LogP contribution in [0.2, 0.25) is 0 Å². The van der Waals surface area contributed by atoms with E-state index in [-0.39, 0.29) is 5.91 Å². The summed E-state index contributed by atoms with van der Waals surface area (Å²) in [4.78, 5) is 11.5. The van der Waals surface area contributed by atoms with E-state index in [4.69, 9.17) is 4.74 Å². The van der Waals surface area contributed by atoms with Gasteiger partial charge in [-0.3, -0.25) is 4.79 Å². The van der Waals surface area contributed by atoms with Gasteiger partial charge in [-0.2, -0.15) is 0 Å². The molecular weight excluding hydrogens is 228 g/mol. The summed E-state index contributed by atoms with van der Waals surface area (Å²) in [5, 5.41) is 5.99. The minimum atomic E-state index is -0.468. The lowest BCUT2D eigenvalue weighted by Gasteiger charge is -2.14. The molecule has 1 aromatic rings. The molecule has 1 atom stereocenters. The van der Waals surface area contributed by atoms with Gasteiger partial charge in [-0.15, -0.1) is 0 Å². The second kappa shape index (κ2) is 7.71. The van der Waals surface area contributed by atoms with Crippen LogP contribution in [0.15, 0.2) is 24.3 Å². The summed E-state index contributed by atoms with van der Waals surface area (Å²) >= 11 is 0. The lowest BCUT2D eigenvalue weighted by atomic mass is 10.2. The van der Waals surface area contributed by atoms with Gasteiger partial charge in [0.2, 0.25) is 0 Å². The molecule has 1 amide bonds. The number of carbonyl (C=O) groups excluding carboxylic acids is 1. The standard InChI is InChI=1S/C14H22N2O2/c1-4-15-10-12-6-8-13(9-7-12)18-11(3)14(17)16-5-2/h6-9,11,15H,4-5,10H2,1-3H3,(H,16,17). The number of rotatable bonds is 7. The highest BCUT2D eigenvalue weighted by molar-refractivity contribution is 5.80. The summed E-state index contributed by atoms with van der Waals surface area (Å²) in [6.07, 6.45) is -0.468. The van der Waals surface area contributed by atoms with Gasteiger partial charge in [-0.1, -0.05) is 19.1 Å². The van der Waals surface area contributed by atoms with Gasteiger partial charge in [0.05, 0.1) is 0 Å². The number of amides is 1. The summed E-state index contributed by atoms with van der Waals surface area (Å²) < 4.78 is 5.56. The van der Waals surface area contributed by atoms with Crippen molar-refractivity contribution in [1.82, 2.24) is 10.6 Å². The molecule has 0 bridgehead atoms. The van der Waals surface area contributed by atoms with Crippen molar-refractivity contribution in [2.45, 2.75) is 33.4 Å². The molecule has 0 aliphatic carbocycles. The van der Waals surface area contributed by atoms with Gasteiger partial charge < -0.3 is 15.4 Å². The van der Waals surface area contributed by atoms with E-state index in [1.165, 1.54) is 5.56 Å². The summed E-state index contributed by atoms with van der Waals surface area (Å²) in [6.45, 7) is 8.13. The highest BCUT2D eigenvalue weighted by atomic mass is 16.5. The van der Waals surface area contributed by atoms with Gasteiger partial charge >= 0.3 is 0 Å². The average molecular weight is 250 g/mol. The van der Waals surface area contributed by atoms with Gasteiger partial charge in [-0.25, -0.2) is 0 Å². The van der Waals surface area contributed by atoms with Crippen molar-refractivity contribution in [3.8, 4) is 5.75 Å². The van der Waals surface area contributed by atoms with Gasteiger partial charge in [0.15, 0.2) is 6.10 Å². The summed E-state index contributed by atoms with van der Waals surface area (Å²) in [7, 11) is 0. The molecule has 2 N–H and O–H groups in total. The molecule has 0 radical (unpaired) electrons. The highest BCUT2D eigenvalue weighted by Gasteiger charge is 2.12. The van der Waals surface area contributed by atoms with E-state index in [9.17, 15) is 4.79 Å². The first-order valence-electron chi connectivity index (χ1n) is 6.41. The number of carbonyl (C=O) groups is 1. The number of nitrogens with one attached hydrogen (secondary N) is 2. The topological polar surface area (TPSA) is 50.4 Å². The van der Waals surface area contributed by atoms with Gasteiger partial charge in [0, 0.05) is 13.1 Å². The fraction of sp³-hybridized carbons (Fsp3) is 0.500. The number of hydrogen-bond acceptors (Lipinski definition) is 3. The summed E-state index contributed by atoms with van der Waals surface area (Å²) in [5.41, 5.74) is 1.20. The predicted molar refractivity (Wildman–Crippen MR) is 72.6 cm³/mol. The van der Waals surface area contributed by atoms with Crippen molar-refractivity contribution in [2.75, 3.05) is 13.1 Å².